The third kappa shape index (κ3) is 6.96. The lowest BCUT2D eigenvalue weighted by atomic mass is 9.74. The van der Waals surface area contributed by atoms with Gasteiger partial charge in [-0.25, -0.2) is 13.2 Å². The Morgan fingerprint density at radius 1 is 1.14 bits per heavy atom. The molecule has 0 radical (unpaired) electrons. The average molecular weight is 619 g/mol. The minimum absolute atomic E-state index is 0.0130. The number of ether oxygens (including phenoxy) is 4. The molecule has 2 aliphatic carbocycles. The van der Waals surface area contributed by atoms with Crippen LogP contribution in [0.15, 0.2) is 54.3 Å². The Hall–Kier alpha value is -2.44. The summed E-state index contributed by atoms with van der Waals surface area (Å²) in [7, 11) is -2.36. The summed E-state index contributed by atoms with van der Waals surface area (Å²) in [6.07, 6.45) is 5.15. The zero-order chi connectivity index (χ0) is 30.8. The summed E-state index contributed by atoms with van der Waals surface area (Å²) in [5, 5.41) is 14.5. The molecule has 10 nitrogen and oxygen atoms in total. The van der Waals surface area contributed by atoms with Gasteiger partial charge in [-0.3, -0.25) is 0 Å². The third-order valence-corrected chi connectivity index (χ3v) is 11.8. The van der Waals surface area contributed by atoms with E-state index in [4.69, 9.17) is 18.9 Å². The van der Waals surface area contributed by atoms with E-state index in [0.717, 1.165) is 18.4 Å². The van der Waals surface area contributed by atoms with Crippen molar-refractivity contribution in [2.45, 2.75) is 75.7 Å². The number of nitrogens with one attached hydrogen (secondary N) is 1. The molecule has 238 valence electrons. The van der Waals surface area contributed by atoms with E-state index >= 15 is 0 Å². The van der Waals surface area contributed by atoms with Crippen molar-refractivity contribution in [2.24, 2.45) is 23.7 Å². The zero-order valence-electron chi connectivity index (χ0n) is 25.6. The molecule has 7 unspecified atom stereocenters. The number of rotatable bonds is 12. The molecule has 11 heteroatoms. The first kappa shape index (κ1) is 32.0. The van der Waals surface area contributed by atoms with Gasteiger partial charge < -0.3 is 29.4 Å². The fourth-order valence-corrected chi connectivity index (χ4v) is 8.79. The SMILES string of the molecule is COC1=CCC(C)(S(=O)(=O)N(CC(C)C)C[C@@H](O)C(Cc2ccccc2)NC(=O)OC2C3CCC4C(OC3)OCC42)C=C1. The van der Waals surface area contributed by atoms with Crippen molar-refractivity contribution < 1.29 is 37.3 Å². The minimum Gasteiger partial charge on any atom is -0.497 e. The molecule has 1 amide bonds. The highest BCUT2D eigenvalue weighted by Gasteiger charge is 2.53. The van der Waals surface area contributed by atoms with E-state index in [0.29, 0.717) is 25.4 Å². The minimum atomic E-state index is -3.90. The number of benzene rings is 1. The maximum Gasteiger partial charge on any atom is 0.407 e. The number of allylic oxidation sites excluding steroid dienone is 2. The number of carbonyl (C=O) groups is 1. The Labute approximate surface area is 255 Å². The molecular weight excluding hydrogens is 572 g/mol. The second-order valence-electron chi connectivity index (χ2n) is 13.0. The molecule has 3 saturated heterocycles. The average Bonchev–Trinajstić information content (AvgIpc) is 3.21. The predicted octanol–water partition coefficient (Wildman–Crippen LogP) is 3.62. The number of nitrogens with zero attached hydrogens (tertiary/aromatic N) is 1. The highest BCUT2D eigenvalue weighted by Crippen LogP contribution is 2.46. The number of sulfonamides is 1. The highest BCUT2D eigenvalue weighted by molar-refractivity contribution is 7.90. The number of methoxy groups -OCH3 is 1. The fraction of sp³-hybridized carbons (Fsp3) is 0.656. The van der Waals surface area contributed by atoms with Gasteiger partial charge in [-0.15, -0.1) is 0 Å². The van der Waals surface area contributed by atoms with Crippen molar-refractivity contribution in [3.63, 3.8) is 0 Å². The van der Waals surface area contributed by atoms with Gasteiger partial charge in [0.25, 0.3) is 0 Å². The first-order chi connectivity index (χ1) is 20.5. The van der Waals surface area contributed by atoms with E-state index in [9.17, 15) is 18.3 Å². The second-order valence-corrected chi connectivity index (χ2v) is 15.4. The molecule has 1 aromatic carbocycles. The van der Waals surface area contributed by atoms with Gasteiger partial charge >= 0.3 is 6.09 Å². The zero-order valence-corrected chi connectivity index (χ0v) is 26.4. The predicted molar refractivity (Wildman–Crippen MR) is 161 cm³/mol. The molecule has 2 N–H and O–H groups in total. The Balaban J connectivity index is 1.33. The number of carbonyl (C=O) groups excluding carboxylic acids is 1. The maximum absolute atomic E-state index is 14.1. The Kier molecular flexibility index (Phi) is 9.87. The summed E-state index contributed by atoms with van der Waals surface area (Å²) < 4.78 is 51.4. The summed E-state index contributed by atoms with van der Waals surface area (Å²) in [5.41, 5.74) is 0.901. The monoisotopic (exact) mass is 618 g/mol. The van der Waals surface area contributed by atoms with Crippen molar-refractivity contribution >= 4 is 16.1 Å². The van der Waals surface area contributed by atoms with Gasteiger partial charge in [0.2, 0.25) is 10.0 Å². The van der Waals surface area contributed by atoms with Gasteiger partial charge in [0.05, 0.1) is 32.5 Å². The lowest BCUT2D eigenvalue weighted by molar-refractivity contribution is -0.135. The van der Waals surface area contributed by atoms with Crippen molar-refractivity contribution in [3.8, 4) is 0 Å². The van der Waals surface area contributed by atoms with E-state index in [1.54, 1.807) is 32.3 Å². The van der Waals surface area contributed by atoms with E-state index in [-0.39, 0.29) is 55.6 Å². The van der Waals surface area contributed by atoms with Crippen LogP contribution in [-0.2, 0) is 35.4 Å². The van der Waals surface area contributed by atoms with Crippen molar-refractivity contribution in [2.75, 3.05) is 33.4 Å². The van der Waals surface area contributed by atoms with E-state index in [1.165, 1.54) is 4.31 Å². The Bertz CT molecular complexity index is 1290. The van der Waals surface area contributed by atoms with Crippen LogP contribution in [0.2, 0.25) is 0 Å². The standard InChI is InChI=1S/C32H46N2O8S/c1-21(2)17-34(43(37,38)32(3)14-12-24(39-4)13-15-32)18-28(35)27(16-22-8-6-5-7-9-22)33-31(36)42-29-23-10-11-25-26(29)20-41-30(25)40-19-23/h5-9,12-14,21,23,25-30,35H,10-11,15-20H2,1-4H3,(H,33,36)/t23?,25?,26?,27?,28-,29?,30?,32?/m1/s1. The topological polar surface area (TPSA) is 124 Å². The Morgan fingerprint density at radius 2 is 1.88 bits per heavy atom. The number of hydrogen-bond donors (Lipinski definition) is 2. The summed E-state index contributed by atoms with van der Waals surface area (Å²) in [6, 6.07) is 8.73. The first-order valence-electron chi connectivity index (χ1n) is 15.4. The van der Waals surface area contributed by atoms with Gasteiger partial charge in [-0.2, -0.15) is 4.31 Å². The smallest absolute Gasteiger partial charge is 0.407 e. The van der Waals surface area contributed by atoms with Gasteiger partial charge in [-0.05, 0) is 56.2 Å². The van der Waals surface area contributed by atoms with Crippen LogP contribution in [0.1, 0.15) is 45.6 Å². The molecule has 4 fully saturated rings. The van der Waals surface area contributed by atoms with Gasteiger partial charge in [0, 0.05) is 30.8 Å². The van der Waals surface area contributed by atoms with Crippen molar-refractivity contribution in [1.29, 1.82) is 0 Å². The molecule has 3 heterocycles. The van der Waals surface area contributed by atoms with Gasteiger partial charge in [-0.1, -0.05) is 50.3 Å². The summed E-state index contributed by atoms with van der Waals surface area (Å²) in [4.78, 5) is 13.4. The quantitative estimate of drug-likeness (QED) is 0.364. The molecule has 1 aromatic rings. The summed E-state index contributed by atoms with van der Waals surface area (Å²) >= 11 is 0. The second kappa shape index (κ2) is 13.3. The normalized spacial score (nSPS) is 31.4. The van der Waals surface area contributed by atoms with Crippen LogP contribution in [0, 0.1) is 23.7 Å². The molecule has 0 spiro atoms. The lowest BCUT2D eigenvalue weighted by Crippen LogP contribution is -2.55. The molecule has 43 heavy (non-hydrogen) atoms. The summed E-state index contributed by atoms with van der Waals surface area (Å²) in [5.74, 6) is 1.02. The van der Waals surface area contributed by atoms with Crippen LogP contribution in [0.3, 0.4) is 0 Å². The van der Waals surface area contributed by atoms with Crippen molar-refractivity contribution in [1.82, 2.24) is 9.62 Å². The Morgan fingerprint density at radius 3 is 2.56 bits per heavy atom. The molecule has 5 aliphatic rings. The van der Waals surface area contributed by atoms with Crippen LogP contribution < -0.4 is 5.32 Å². The molecular formula is C32H46N2O8S. The number of aliphatic hydroxyl groups is 1. The number of amides is 1. The van der Waals surface area contributed by atoms with Crippen LogP contribution in [-0.4, -0.2) is 86.6 Å². The van der Waals surface area contributed by atoms with Crippen LogP contribution in [0.5, 0.6) is 0 Å². The highest BCUT2D eigenvalue weighted by atomic mass is 32.2. The maximum atomic E-state index is 14.1. The molecule has 0 aromatic heterocycles. The molecule has 8 atom stereocenters. The number of alkyl carbamates (subject to hydrolysis) is 1. The van der Waals surface area contributed by atoms with Crippen molar-refractivity contribution in [3.05, 3.63) is 59.9 Å². The van der Waals surface area contributed by atoms with E-state index < -0.39 is 33.0 Å². The number of hydrogen-bond acceptors (Lipinski definition) is 8. The fourth-order valence-electron chi connectivity index (χ4n) is 6.83. The summed E-state index contributed by atoms with van der Waals surface area (Å²) in [6.45, 7) is 6.59. The van der Waals surface area contributed by atoms with E-state index in [2.05, 4.69) is 5.32 Å². The molecule has 1 saturated carbocycles. The first-order valence-corrected chi connectivity index (χ1v) is 16.8. The van der Waals surface area contributed by atoms with Crippen LogP contribution >= 0.6 is 0 Å². The number of fused-ring (bicyclic) bond motifs is 2. The number of aliphatic hydroxyl groups excluding tert-OH is 1. The molecule has 3 aliphatic heterocycles. The molecule has 6 rings (SSSR count). The van der Waals surface area contributed by atoms with Crippen LogP contribution in [0.4, 0.5) is 4.79 Å². The largest absolute Gasteiger partial charge is 0.497 e. The van der Waals surface area contributed by atoms with Gasteiger partial charge in [0.1, 0.15) is 16.6 Å². The lowest BCUT2D eigenvalue weighted by Gasteiger charge is -2.37. The van der Waals surface area contributed by atoms with Crippen LogP contribution in [0.25, 0.3) is 0 Å². The third-order valence-electron chi connectivity index (χ3n) is 9.33. The van der Waals surface area contributed by atoms with E-state index in [1.807, 2.05) is 44.2 Å². The van der Waals surface area contributed by atoms with Gasteiger partial charge in [0.15, 0.2) is 6.29 Å². The molecule has 4 bridgehead atoms.